The Morgan fingerprint density at radius 1 is 1.53 bits per heavy atom. The molecule has 1 N–H and O–H groups in total. The fraction of sp³-hybridized carbons (Fsp3) is 0.583. The van der Waals surface area contributed by atoms with Gasteiger partial charge in [0.1, 0.15) is 0 Å². The van der Waals surface area contributed by atoms with Gasteiger partial charge in [-0.05, 0) is 24.4 Å². The van der Waals surface area contributed by atoms with Crippen LogP contribution < -0.4 is 10.2 Å². The van der Waals surface area contributed by atoms with E-state index >= 15 is 0 Å². The number of nitrogens with one attached hydrogen (secondary N) is 1. The zero-order chi connectivity index (χ0) is 12.3. The quantitative estimate of drug-likeness (QED) is 0.873. The summed E-state index contributed by atoms with van der Waals surface area (Å²) in [5, 5.41) is 6.31. The topological polar surface area (TPSA) is 35.6 Å². The minimum absolute atomic E-state index is 0.0378. The highest BCUT2D eigenvalue weighted by Crippen LogP contribution is 2.21. The molecule has 17 heavy (non-hydrogen) atoms. The van der Waals surface area contributed by atoms with Gasteiger partial charge in [-0.25, -0.2) is 0 Å². The summed E-state index contributed by atoms with van der Waals surface area (Å²) in [5.41, 5.74) is 0. The van der Waals surface area contributed by atoms with Crippen LogP contribution in [0, 0.1) is 0 Å². The lowest BCUT2D eigenvalue weighted by Crippen LogP contribution is -2.53. The van der Waals surface area contributed by atoms with Gasteiger partial charge in [0.15, 0.2) is 0 Å². The molecule has 2 rings (SSSR count). The van der Waals surface area contributed by atoms with E-state index in [2.05, 4.69) is 10.2 Å². The minimum atomic E-state index is -0.0378. The lowest BCUT2D eigenvalue weighted by molar-refractivity contribution is -0.123. The van der Waals surface area contributed by atoms with Gasteiger partial charge in [0.25, 0.3) is 0 Å². The minimum Gasteiger partial charge on any atom is -0.314 e. The predicted molar refractivity (Wildman–Crippen MR) is 71.6 cm³/mol. The first kappa shape index (κ1) is 12.5. The molecule has 0 aliphatic carbocycles. The monoisotopic (exact) mass is 253 g/mol. The number of hydrogen-bond donors (Lipinski definition) is 1. The van der Waals surface area contributed by atoms with Crippen molar-refractivity contribution in [3.8, 4) is 0 Å². The molecule has 0 bridgehead atoms. The smallest absolute Gasteiger partial charge is 0.244 e. The van der Waals surface area contributed by atoms with E-state index in [9.17, 15) is 4.79 Å². The van der Waals surface area contributed by atoms with Crippen LogP contribution in [0.15, 0.2) is 17.5 Å². The zero-order valence-electron chi connectivity index (χ0n) is 10.3. The van der Waals surface area contributed by atoms with E-state index in [1.807, 2.05) is 31.5 Å². The Hall–Kier alpha value is -0.910. The van der Waals surface area contributed by atoms with Crippen molar-refractivity contribution in [2.45, 2.75) is 13.0 Å². The van der Waals surface area contributed by atoms with Crippen LogP contribution in [0.3, 0.4) is 0 Å². The van der Waals surface area contributed by atoms with Crippen molar-refractivity contribution in [3.05, 3.63) is 17.5 Å². The average molecular weight is 253 g/mol. The first-order valence-electron chi connectivity index (χ1n) is 5.96. The molecule has 1 amide bonds. The first-order valence-corrected chi connectivity index (χ1v) is 6.84. The van der Waals surface area contributed by atoms with E-state index in [0.29, 0.717) is 0 Å². The molecule has 0 aromatic carbocycles. The molecule has 1 saturated heterocycles. The maximum absolute atomic E-state index is 12.3. The van der Waals surface area contributed by atoms with Crippen LogP contribution in [0.4, 0.5) is 5.00 Å². The summed E-state index contributed by atoms with van der Waals surface area (Å²) in [5.74, 6) is 0.175. The molecule has 0 radical (unpaired) electrons. The van der Waals surface area contributed by atoms with Crippen LogP contribution in [0.2, 0.25) is 0 Å². The van der Waals surface area contributed by atoms with Crippen LogP contribution in [0.1, 0.15) is 6.92 Å². The van der Waals surface area contributed by atoms with Crippen molar-refractivity contribution < 1.29 is 4.79 Å². The fourth-order valence-corrected chi connectivity index (χ4v) is 2.78. The van der Waals surface area contributed by atoms with Gasteiger partial charge in [-0.3, -0.25) is 9.69 Å². The van der Waals surface area contributed by atoms with Gasteiger partial charge in [0.2, 0.25) is 5.91 Å². The number of carbonyl (C=O) groups excluding carboxylic acids is 1. The Morgan fingerprint density at radius 2 is 2.24 bits per heavy atom. The summed E-state index contributed by atoms with van der Waals surface area (Å²) >= 11 is 1.60. The molecule has 0 spiro atoms. The highest BCUT2D eigenvalue weighted by molar-refractivity contribution is 7.14. The van der Waals surface area contributed by atoms with Crippen molar-refractivity contribution in [2.75, 3.05) is 38.1 Å². The molecule has 1 fully saturated rings. The first-order chi connectivity index (χ1) is 8.20. The molecule has 1 unspecified atom stereocenters. The standard InChI is InChI=1S/C12H19N3OS/c1-10(15-7-5-13-6-8-15)12(16)14(2)11-4-3-9-17-11/h3-4,9-10,13H,5-8H2,1-2H3. The number of anilines is 1. The molecule has 1 aromatic rings. The molecule has 2 heterocycles. The molecule has 1 atom stereocenters. The summed E-state index contributed by atoms with van der Waals surface area (Å²) in [6.07, 6.45) is 0. The lowest BCUT2D eigenvalue weighted by atomic mass is 10.2. The number of hydrogen-bond acceptors (Lipinski definition) is 4. The Bertz CT molecular complexity index is 360. The number of carbonyl (C=O) groups is 1. The molecule has 1 aliphatic heterocycles. The van der Waals surface area contributed by atoms with Gasteiger partial charge in [-0.1, -0.05) is 0 Å². The number of rotatable bonds is 3. The van der Waals surface area contributed by atoms with Gasteiger partial charge in [-0.2, -0.15) is 0 Å². The summed E-state index contributed by atoms with van der Waals surface area (Å²) in [4.78, 5) is 16.3. The van der Waals surface area contributed by atoms with Crippen LogP contribution in [0.25, 0.3) is 0 Å². The molecule has 94 valence electrons. The second-order valence-electron chi connectivity index (χ2n) is 4.31. The third-order valence-electron chi connectivity index (χ3n) is 3.22. The number of likely N-dealkylation sites (N-methyl/N-ethyl adjacent to an activating group) is 1. The largest absolute Gasteiger partial charge is 0.314 e. The van der Waals surface area contributed by atoms with E-state index in [4.69, 9.17) is 0 Å². The molecule has 4 nitrogen and oxygen atoms in total. The Morgan fingerprint density at radius 3 is 2.82 bits per heavy atom. The number of thiophene rings is 1. The number of nitrogens with zero attached hydrogens (tertiary/aromatic N) is 2. The van der Waals surface area contributed by atoms with E-state index in [1.165, 1.54) is 0 Å². The van der Waals surface area contributed by atoms with E-state index < -0.39 is 0 Å². The molecule has 5 heteroatoms. The summed E-state index contributed by atoms with van der Waals surface area (Å²) in [6, 6.07) is 3.91. The molecular formula is C12H19N3OS. The van der Waals surface area contributed by atoms with Crippen molar-refractivity contribution in [3.63, 3.8) is 0 Å². The Balaban J connectivity index is 1.98. The molecule has 1 aromatic heterocycles. The van der Waals surface area contributed by atoms with Crippen LogP contribution in [-0.2, 0) is 4.79 Å². The summed E-state index contributed by atoms with van der Waals surface area (Å²) < 4.78 is 0. The summed E-state index contributed by atoms with van der Waals surface area (Å²) in [7, 11) is 1.85. The van der Waals surface area contributed by atoms with E-state index in [0.717, 1.165) is 31.2 Å². The second kappa shape index (κ2) is 5.62. The predicted octanol–water partition coefficient (Wildman–Crippen LogP) is 1.00. The molecule has 1 aliphatic rings. The van der Waals surface area contributed by atoms with Crippen molar-refractivity contribution >= 4 is 22.2 Å². The van der Waals surface area contributed by atoms with E-state index in [1.54, 1.807) is 16.2 Å². The van der Waals surface area contributed by atoms with Crippen LogP contribution >= 0.6 is 11.3 Å². The van der Waals surface area contributed by atoms with Crippen LogP contribution in [0.5, 0.6) is 0 Å². The van der Waals surface area contributed by atoms with E-state index in [-0.39, 0.29) is 11.9 Å². The molecular weight excluding hydrogens is 234 g/mol. The van der Waals surface area contributed by atoms with Gasteiger partial charge in [0, 0.05) is 33.2 Å². The maximum atomic E-state index is 12.3. The lowest BCUT2D eigenvalue weighted by Gasteiger charge is -2.33. The third-order valence-corrected chi connectivity index (χ3v) is 4.17. The maximum Gasteiger partial charge on any atom is 0.244 e. The fourth-order valence-electron chi connectivity index (χ4n) is 2.08. The van der Waals surface area contributed by atoms with Gasteiger partial charge >= 0.3 is 0 Å². The van der Waals surface area contributed by atoms with Crippen molar-refractivity contribution in [1.82, 2.24) is 10.2 Å². The zero-order valence-corrected chi connectivity index (χ0v) is 11.2. The van der Waals surface area contributed by atoms with Crippen LogP contribution in [-0.4, -0.2) is 50.1 Å². The Labute approximate surface area is 106 Å². The Kier molecular flexibility index (Phi) is 4.15. The third kappa shape index (κ3) is 2.86. The van der Waals surface area contributed by atoms with Gasteiger partial charge in [0.05, 0.1) is 11.0 Å². The number of piperazine rings is 1. The van der Waals surface area contributed by atoms with Gasteiger partial charge in [-0.15, -0.1) is 11.3 Å². The van der Waals surface area contributed by atoms with Crippen molar-refractivity contribution in [2.24, 2.45) is 0 Å². The summed E-state index contributed by atoms with van der Waals surface area (Å²) in [6.45, 7) is 5.84. The number of amides is 1. The highest BCUT2D eigenvalue weighted by atomic mass is 32.1. The second-order valence-corrected chi connectivity index (χ2v) is 5.24. The SMILES string of the molecule is CC(C(=O)N(C)c1cccs1)N1CCNCC1. The normalized spacial score (nSPS) is 18.9. The highest BCUT2D eigenvalue weighted by Gasteiger charge is 2.25. The van der Waals surface area contributed by atoms with Crippen molar-refractivity contribution in [1.29, 1.82) is 0 Å². The van der Waals surface area contributed by atoms with Gasteiger partial charge < -0.3 is 10.2 Å². The molecule has 0 saturated carbocycles. The average Bonchev–Trinajstić information content (AvgIpc) is 2.91.